The summed E-state index contributed by atoms with van der Waals surface area (Å²) < 4.78 is 80.3. The molecule has 41 heavy (non-hydrogen) atoms. The Balaban J connectivity index is 1.63. The monoisotopic (exact) mass is 590 g/mol. The number of nitrogens with zero attached hydrogens (tertiary/aromatic N) is 4. The molecule has 5 rings (SSSR count). The first-order chi connectivity index (χ1) is 19.2. The van der Waals surface area contributed by atoms with Gasteiger partial charge < -0.3 is 14.8 Å². The van der Waals surface area contributed by atoms with E-state index in [0.29, 0.717) is 17.1 Å². The first-order valence-electron chi connectivity index (χ1n) is 12.3. The fourth-order valence-corrected chi connectivity index (χ4v) is 5.73. The van der Waals surface area contributed by atoms with E-state index in [1.165, 1.54) is 66.6 Å². The average Bonchev–Trinajstić information content (AvgIpc) is 3.23. The lowest BCUT2D eigenvalue weighted by Crippen LogP contribution is -2.52. The number of carbonyl (C=O) groups excluding carboxylic acids is 1. The molecule has 0 bridgehead atoms. The van der Waals surface area contributed by atoms with Crippen molar-refractivity contribution in [3.8, 4) is 0 Å². The van der Waals surface area contributed by atoms with Gasteiger partial charge in [-0.2, -0.15) is 18.6 Å². The van der Waals surface area contributed by atoms with E-state index in [0.717, 1.165) is 0 Å². The van der Waals surface area contributed by atoms with E-state index < -0.39 is 44.6 Å². The third-order valence-corrected chi connectivity index (χ3v) is 8.03. The molecule has 0 amide bonds. The molecule has 2 N–H and O–H groups in total. The predicted molar refractivity (Wildman–Crippen MR) is 140 cm³/mol. The van der Waals surface area contributed by atoms with Gasteiger partial charge in [-0.1, -0.05) is 12.1 Å². The summed E-state index contributed by atoms with van der Waals surface area (Å²) in [7, 11) is -3.54. The van der Waals surface area contributed by atoms with Crippen LogP contribution in [0.2, 0.25) is 0 Å². The molecule has 0 saturated carbocycles. The molecule has 11 nitrogen and oxygen atoms in total. The van der Waals surface area contributed by atoms with E-state index >= 15 is 0 Å². The van der Waals surface area contributed by atoms with Crippen molar-refractivity contribution in [2.75, 3.05) is 5.32 Å². The smallest absolute Gasteiger partial charge is 0.350 e. The predicted octanol–water partition coefficient (Wildman–Crippen LogP) is 3.98. The normalized spacial score (nSPS) is 22.7. The van der Waals surface area contributed by atoms with Crippen molar-refractivity contribution >= 4 is 27.6 Å². The number of anilines is 2. The van der Waals surface area contributed by atoms with Gasteiger partial charge in [0.05, 0.1) is 17.3 Å². The van der Waals surface area contributed by atoms with Crippen molar-refractivity contribution in [3.05, 3.63) is 89.2 Å². The highest BCUT2D eigenvalue weighted by Gasteiger charge is 2.52. The van der Waals surface area contributed by atoms with Crippen LogP contribution in [-0.4, -0.2) is 45.4 Å². The van der Waals surface area contributed by atoms with Gasteiger partial charge in [-0.25, -0.2) is 22.6 Å². The van der Waals surface area contributed by atoms with Gasteiger partial charge in [0.25, 0.3) is 10.0 Å². The standard InChI is InChI=1S/C26H25F3N6O5S/c1-14(15-5-7-16(27)8-6-15)39-18-11-25(2)17(12-26(18,3)34-41(37,38)24(28)29)40-23(36)20-21(25)35(4)33-22(20)32-19-13-30-9-10-31-19/h5-14,24,34H,1-4H3,(H,31,32,33)/t14-,25?,26?/m0/s1. The number of sulfonamides is 1. The quantitative estimate of drug-likeness (QED) is 0.373. The molecule has 0 fully saturated rings. The Bertz CT molecular complexity index is 1680. The van der Waals surface area contributed by atoms with Gasteiger partial charge in [-0.05, 0) is 50.6 Å². The number of carbonyl (C=O) groups is 1. The molecule has 3 aromatic rings. The summed E-state index contributed by atoms with van der Waals surface area (Å²) in [6.07, 6.45) is 6.33. The van der Waals surface area contributed by atoms with Crippen molar-refractivity contribution in [1.82, 2.24) is 24.5 Å². The first-order valence-corrected chi connectivity index (χ1v) is 13.8. The minimum atomic E-state index is -5.14. The minimum absolute atomic E-state index is 0.0229. The molecular formula is C26H25F3N6O5S. The molecule has 1 aliphatic carbocycles. The van der Waals surface area contributed by atoms with Gasteiger partial charge in [0.1, 0.15) is 40.4 Å². The number of aryl methyl sites for hydroxylation is 1. The number of hydrogen-bond acceptors (Lipinski definition) is 9. The van der Waals surface area contributed by atoms with Crippen LogP contribution in [0.15, 0.2) is 66.5 Å². The van der Waals surface area contributed by atoms with E-state index in [9.17, 15) is 26.4 Å². The van der Waals surface area contributed by atoms with Gasteiger partial charge in [-0.15, -0.1) is 0 Å². The van der Waals surface area contributed by atoms with Crippen LogP contribution in [0.3, 0.4) is 0 Å². The second kappa shape index (κ2) is 9.99. The van der Waals surface area contributed by atoms with Gasteiger partial charge >= 0.3 is 11.7 Å². The number of benzene rings is 1. The average molecular weight is 591 g/mol. The third-order valence-electron chi connectivity index (χ3n) is 6.85. The lowest BCUT2D eigenvalue weighted by atomic mass is 9.73. The number of hydrogen-bond donors (Lipinski definition) is 2. The molecule has 216 valence electrons. The highest BCUT2D eigenvalue weighted by Crippen LogP contribution is 2.49. The van der Waals surface area contributed by atoms with Crippen LogP contribution in [0.25, 0.3) is 0 Å². The van der Waals surface area contributed by atoms with Crippen molar-refractivity contribution in [2.45, 2.75) is 43.6 Å². The zero-order valence-electron chi connectivity index (χ0n) is 22.2. The van der Waals surface area contributed by atoms with Crippen LogP contribution < -0.4 is 10.0 Å². The summed E-state index contributed by atoms with van der Waals surface area (Å²) in [5.74, 6) is -4.64. The van der Waals surface area contributed by atoms with Crippen LogP contribution in [0, 0.1) is 5.82 Å². The van der Waals surface area contributed by atoms with Gasteiger partial charge in [-0.3, -0.25) is 9.67 Å². The fraction of sp³-hybridized carbons (Fsp3) is 0.308. The van der Waals surface area contributed by atoms with E-state index in [-0.39, 0.29) is 22.9 Å². The molecule has 0 saturated heterocycles. The van der Waals surface area contributed by atoms with E-state index in [1.54, 1.807) is 20.9 Å². The molecule has 2 unspecified atom stereocenters. The summed E-state index contributed by atoms with van der Waals surface area (Å²) in [6, 6.07) is 5.44. The molecule has 2 aliphatic rings. The van der Waals surface area contributed by atoms with E-state index in [1.807, 2.05) is 4.72 Å². The van der Waals surface area contributed by atoms with Crippen LogP contribution in [0.5, 0.6) is 0 Å². The van der Waals surface area contributed by atoms with Crippen LogP contribution in [-0.2, 0) is 32.0 Å². The number of aromatic nitrogens is 4. The lowest BCUT2D eigenvalue weighted by Gasteiger charge is -2.42. The molecule has 1 aliphatic heterocycles. The third kappa shape index (κ3) is 5.06. The molecule has 0 radical (unpaired) electrons. The second-order valence-corrected chi connectivity index (χ2v) is 11.6. The number of fused-ring (bicyclic) bond motifs is 3. The zero-order chi connectivity index (χ0) is 29.7. The highest BCUT2D eigenvalue weighted by molar-refractivity contribution is 7.89. The maximum absolute atomic E-state index is 13.5. The number of ether oxygens (including phenoxy) is 2. The van der Waals surface area contributed by atoms with Crippen LogP contribution in [0.4, 0.5) is 24.8 Å². The zero-order valence-corrected chi connectivity index (χ0v) is 23.0. The molecule has 0 spiro atoms. The Morgan fingerprint density at radius 2 is 1.83 bits per heavy atom. The second-order valence-electron chi connectivity index (χ2n) is 9.94. The summed E-state index contributed by atoms with van der Waals surface area (Å²) in [5, 5.41) is 7.37. The van der Waals surface area contributed by atoms with E-state index in [4.69, 9.17) is 9.47 Å². The number of rotatable bonds is 8. The van der Waals surface area contributed by atoms with Gasteiger partial charge in [0, 0.05) is 19.4 Å². The molecule has 1 aromatic carbocycles. The van der Waals surface area contributed by atoms with Crippen molar-refractivity contribution < 1.29 is 35.9 Å². The maximum atomic E-state index is 13.5. The van der Waals surface area contributed by atoms with Crippen LogP contribution >= 0.6 is 0 Å². The molecule has 3 heterocycles. The topological polar surface area (TPSA) is 137 Å². The summed E-state index contributed by atoms with van der Waals surface area (Å²) in [5.41, 5.74) is -2.17. The molecular weight excluding hydrogens is 565 g/mol. The highest BCUT2D eigenvalue weighted by atomic mass is 32.2. The minimum Gasteiger partial charge on any atom is -0.488 e. The summed E-state index contributed by atoms with van der Waals surface area (Å²) in [6.45, 7) is 4.62. The molecule has 15 heteroatoms. The number of nitrogens with one attached hydrogen (secondary N) is 2. The van der Waals surface area contributed by atoms with Crippen molar-refractivity contribution in [3.63, 3.8) is 0 Å². The lowest BCUT2D eigenvalue weighted by molar-refractivity contribution is 0.0519. The SMILES string of the molecule is C[C@H](OC1=CC2(C)C(=CC1(C)NS(=O)(=O)C(F)F)OC(=O)c1c(Nc3cnccn3)nn(C)c12)c1ccc(F)cc1. The van der Waals surface area contributed by atoms with Crippen LogP contribution in [0.1, 0.15) is 48.5 Å². The largest absolute Gasteiger partial charge is 0.488 e. The number of esters is 1. The summed E-state index contributed by atoms with van der Waals surface area (Å²) in [4.78, 5) is 21.4. The molecule has 2 aromatic heterocycles. The van der Waals surface area contributed by atoms with Gasteiger partial charge in [0.15, 0.2) is 5.82 Å². The Labute approximate surface area is 233 Å². The molecule has 3 atom stereocenters. The first kappa shape index (κ1) is 28.3. The number of halogens is 3. The number of allylic oxidation sites excluding steroid dienone is 1. The number of alkyl halides is 2. The maximum Gasteiger partial charge on any atom is 0.350 e. The Kier molecular flexibility index (Phi) is 6.90. The Morgan fingerprint density at radius 1 is 1.12 bits per heavy atom. The fourth-order valence-electron chi connectivity index (χ4n) is 4.89. The summed E-state index contributed by atoms with van der Waals surface area (Å²) >= 11 is 0. The van der Waals surface area contributed by atoms with Gasteiger partial charge in [0.2, 0.25) is 0 Å². The van der Waals surface area contributed by atoms with Crippen molar-refractivity contribution in [2.24, 2.45) is 7.05 Å². The van der Waals surface area contributed by atoms with Crippen molar-refractivity contribution in [1.29, 1.82) is 0 Å². The Morgan fingerprint density at radius 3 is 2.46 bits per heavy atom. The van der Waals surface area contributed by atoms with E-state index in [2.05, 4.69) is 20.4 Å². The Hall–Kier alpha value is -4.24.